The number of urea groups is 1. The average molecular weight is 407 g/mol. The third-order valence-electron chi connectivity index (χ3n) is 5.66. The molecule has 2 N–H and O–H groups in total. The highest BCUT2D eigenvalue weighted by Gasteiger charge is 2.55. The van der Waals surface area contributed by atoms with E-state index in [2.05, 4.69) is 10.6 Å². The molecule has 8 heteroatoms. The quantitative estimate of drug-likeness (QED) is 0.762. The summed E-state index contributed by atoms with van der Waals surface area (Å²) < 4.78 is 11.3. The van der Waals surface area contributed by atoms with Gasteiger partial charge in [0.15, 0.2) is 11.5 Å². The van der Waals surface area contributed by atoms with Gasteiger partial charge in [0.2, 0.25) is 11.7 Å². The van der Waals surface area contributed by atoms with Gasteiger partial charge in [-0.25, -0.2) is 4.79 Å². The first-order chi connectivity index (χ1) is 14.3. The maximum absolute atomic E-state index is 13.1. The summed E-state index contributed by atoms with van der Waals surface area (Å²) in [7, 11) is 0. The minimum atomic E-state index is -1.07. The zero-order chi connectivity index (χ0) is 21.1. The molecule has 154 valence electrons. The minimum Gasteiger partial charge on any atom is -0.449 e. The van der Waals surface area contributed by atoms with E-state index >= 15 is 0 Å². The number of hydrogen-bond acceptors (Lipinski definition) is 5. The molecule has 30 heavy (non-hydrogen) atoms. The van der Waals surface area contributed by atoms with E-state index < -0.39 is 23.3 Å². The monoisotopic (exact) mass is 407 g/mol. The molecule has 1 unspecified atom stereocenters. The van der Waals surface area contributed by atoms with E-state index in [1.807, 2.05) is 24.3 Å². The van der Waals surface area contributed by atoms with Crippen molar-refractivity contribution >= 4 is 23.5 Å². The van der Waals surface area contributed by atoms with Crippen LogP contribution >= 0.6 is 0 Å². The average Bonchev–Trinajstić information content (AvgIpc) is 3.29. The molecule has 0 radical (unpaired) electrons. The van der Waals surface area contributed by atoms with Crippen molar-refractivity contribution < 1.29 is 23.9 Å². The van der Waals surface area contributed by atoms with Gasteiger partial charge in [-0.05, 0) is 36.1 Å². The van der Waals surface area contributed by atoms with Crippen molar-refractivity contribution in [3.63, 3.8) is 0 Å². The van der Waals surface area contributed by atoms with E-state index in [1.165, 1.54) is 0 Å². The first kappa shape index (κ1) is 18.5. The van der Waals surface area contributed by atoms with Gasteiger partial charge >= 0.3 is 6.03 Å². The summed E-state index contributed by atoms with van der Waals surface area (Å²) in [6.07, 6.45) is 1.20. The van der Waals surface area contributed by atoms with E-state index in [9.17, 15) is 14.4 Å². The molecule has 0 saturated carbocycles. The van der Waals surface area contributed by atoms with Crippen molar-refractivity contribution in [2.75, 3.05) is 11.9 Å². The van der Waals surface area contributed by atoms with Gasteiger partial charge in [-0.1, -0.05) is 24.3 Å². The lowest BCUT2D eigenvalue weighted by molar-refractivity contribution is -0.134. The third-order valence-corrected chi connectivity index (χ3v) is 5.66. The lowest BCUT2D eigenvalue weighted by atomic mass is 9.92. The predicted octanol–water partition coefficient (Wildman–Crippen LogP) is 2.53. The van der Waals surface area contributed by atoms with Crippen LogP contribution in [0.15, 0.2) is 42.5 Å². The molecule has 1 aliphatic carbocycles. The molecule has 5 rings (SSSR count). The Morgan fingerprint density at radius 1 is 1.13 bits per heavy atom. The Kier molecular flexibility index (Phi) is 3.83. The number of nitrogens with one attached hydrogen (secondary N) is 2. The summed E-state index contributed by atoms with van der Waals surface area (Å²) in [6.45, 7) is 3.22. The van der Waals surface area contributed by atoms with Gasteiger partial charge in [0, 0.05) is 25.6 Å². The number of rotatable bonds is 3. The Morgan fingerprint density at radius 2 is 1.90 bits per heavy atom. The molecule has 1 atom stereocenters. The Balaban J connectivity index is 1.31. The van der Waals surface area contributed by atoms with E-state index in [0.717, 1.165) is 16.0 Å². The fourth-order valence-corrected chi connectivity index (χ4v) is 4.38. The molecule has 4 amide bonds. The van der Waals surface area contributed by atoms with E-state index in [4.69, 9.17) is 9.47 Å². The molecule has 8 nitrogen and oxygen atoms in total. The van der Waals surface area contributed by atoms with Gasteiger partial charge in [0.25, 0.3) is 5.91 Å². The second-order valence-electron chi connectivity index (χ2n) is 8.20. The number of imide groups is 1. The number of benzene rings is 2. The van der Waals surface area contributed by atoms with E-state index in [1.54, 1.807) is 32.0 Å². The molecule has 3 aliphatic rings. The van der Waals surface area contributed by atoms with E-state index in [0.29, 0.717) is 30.0 Å². The topological polar surface area (TPSA) is 97.0 Å². The molecule has 1 spiro atoms. The smallest absolute Gasteiger partial charge is 0.325 e. The number of amides is 4. The first-order valence-electron chi connectivity index (χ1n) is 9.82. The maximum atomic E-state index is 13.1. The highest BCUT2D eigenvalue weighted by Crippen LogP contribution is 2.42. The first-order valence-corrected chi connectivity index (χ1v) is 9.82. The van der Waals surface area contributed by atoms with Gasteiger partial charge < -0.3 is 20.1 Å². The molecule has 2 aromatic rings. The van der Waals surface area contributed by atoms with Crippen LogP contribution in [0.25, 0.3) is 0 Å². The van der Waals surface area contributed by atoms with Crippen molar-refractivity contribution in [2.45, 2.75) is 38.0 Å². The summed E-state index contributed by atoms with van der Waals surface area (Å²) in [6, 6.07) is 12.1. The second-order valence-corrected chi connectivity index (χ2v) is 8.20. The number of anilines is 1. The van der Waals surface area contributed by atoms with Crippen LogP contribution in [-0.4, -0.2) is 35.1 Å². The Labute approximate surface area is 173 Å². The molecule has 1 fully saturated rings. The highest BCUT2D eigenvalue weighted by atomic mass is 16.7. The van der Waals surface area contributed by atoms with Gasteiger partial charge in [-0.2, -0.15) is 0 Å². The molecule has 2 heterocycles. The summed E-state index contributed by atoms with van der Waals surface area (Å²) in [5.74, 6) is -0.514. The zero-order valence-electron chi connectivity index (χ0n) is 16.7. The lowest BCUT2D eigenvalue weighted by Gasteiger charge is -2.22. The van der Waals surface area contributed by atoms with Crippen LogP contribution in [0.1, 0.15) is 31.4 Å². The molecule has 0 aromatic heterocycles. The van der Waals surface area contributed by atoms with Crippen LogP contribution in [0, 0.1) is 0 Å². The highest BCUT2D eigenvalue weighted by molar-refractivity contribution is 6.11. The van der Waals surface area contributed by atoms with Crippen molar-refractivity contribution in [2.24, 2.45) is 0 Å². The normalized spacial score (nSPS) is 22.9. The lowest BCUT2D eigenvalue weighted by Crippen LogP contribution is -2.42. The van der Waals surface area contributed by atoms with E-state index in [-0.39, 0.29) is 12.5 Å². The predicted molar refractivity (Wildman–Crippen MR) is 107 cm³/mol. The Bertz CT molecular complexity index is 1100. The zero-order valence-corrected chi connectivity index (χ0v) is 16.7. The largest absolute Gasteiger partial charge is 0.449 e. The Hall–Kier alpha value is -3.55. The van der Waals surface area contributed by atoms with Crippen molar-refractivity contribution in [3.8, 4) is 11.5 Å². The summed E-state index contributed by atoms with van der Waals surface area (Å²) in [5, 5.41) is 5.54. The molecule has 2 aliphatic heterocycles. The molecule has 2 aromatic carbocycles. The summed E-state index contributed by atoms with van der Waals surface area (Å²) >= 11 is 0. The van der Waals surface area contributed by atoms with Crippen LogP contribution in [0.3, 0.4) is 0 Å². The summed E-state index contributed by atoms with van der Waals surface area (Å²) in [5.41, 5.74) is 1.27. The third kappa shape index (κ3) is 2.79. The van der Waals surface area contributed by atoms with Crippen LogP contribution in [0.4, 0.5) is 10.5 Å². The number of ether oxygens (including phenoxy) is 2. The van der Waals surface area contributed by atoms with Gasteiger partial charge in [-0.15, -0.1) is 0 Å². The number of fused-ring (bicyclic) bond motifs is 3. The van der Waals surface area contributed by atoms with Crippen LogP contribution in [0.2, 0.25) is 0 Å². The maximum Gasteiger partial charge on any atom is 0.325 e. The van der Waals surface area contributed by atoms with Crippen LogP contribution in [0.5, 0.6) is 11.5 Å². The van der Waals surface area contributed by atoms with Gasteiger partial charge in [0.1, 0.15) is 12.1 Å². The molecule has 1 saturated heterocycles. The van der Waals surface area contributed by atoms with Crippen molar-refractivity contribution in [1.29, 1.82) is 0 Å². The standard InChI is InChI=1S/C22H21N3O5/c1-21(2)29-16-8-7-14(11-17(16)30-21)23-18(26)12-25-19(27)22(24-20(25)28)10-9-13-5-3-4-6-15(13)22/h3-8,11H,9-10,12H2,1-2H3,(H,23,26)(H,24,28). The second kappa shape index (κ2) is 6.22. The van der Waals surface area contributed by atoms with Crippen molar-refractivity contribution in [1.82, 2.24) is 10.2 Å². The summed E-state index contributed by atoms with van der Waals surface area (Å²) in [4.78, 5) is 39.2. The number of carbonyl (C=O) groups excluding carboxylic acids is 3. The number of nitrogens with zero attached hydrogens (tertiary/aromatic N) is 1. The van der Waals surface area contributed by atoms with Crippen LogP contribution in [-0.2, 0) is 21.5 Å². The molecular formula is C22H21N3O5. The number of aryl methyl sites for hydroxylation is 1. The van der Waals surface area contributed by atoms with Gasteiger partial charge in [-0.3, -0.25) is 14.5 Å². The fourth-order valence-electron chi connectivity index (χ4n) is 4.38. The fraction of sp³-hybridized carbons (Fsp3) is 0.318. The number of hydrogen-bond donors (Lipinski definition) is 2. The SMILES string of the molecule is CC1(C)Oc2ccc(NC(=O)CN3C(=O)NC4(CCc5ccccc54)C3=O)cc2O1. The Morgan fingerprint density at radius 3 is 2.73 bits per heavy atom. The van der Waals surface area contributed by atoms with Gasteiger partial charge in [0.05, 0.1) is 0 Å². The van der Waals surface area contributed by atoms with Crippen molar-refractivity contribution in [3.05, 3.63) is 53.6 Å². The minimum absolute atomic E-state index is 0.367. The number of carbonyl (C=O) groups is 3. The van der Waals surface area contributed by atoms with Crippen LogP contribution < -0.4 is 20.1 Å². The molecular weight excluding hydrogens is 386 g/mol. The molecule has 0 bridgehead atoms.